The molecule has 0 bridgehead atoms. The summed E-state index contributed by atoms with van der Waals surface area (Å²) in [5, 5.41) is 2.08. The molecular formula is C23H23N3O2S. The number of nitrogens with zero attached hydrogens (tertiary/aromatic N) is 2. The summed E-state index contributed by atoms with van der Waals surface area (Å²) in [6, 6.07) is 2.16. The van der Waals surface area contributed by atoms with Gasteiger partial charge in [-0.05, 0) is 36.6 Å². The van der Waals surface area contributed by atoms with Crippen molar-refractivity contribution < 1.29 is 9.47 Å². The molecule has 3 aliphatic carbocycles. The van der Waals surface area contributed by atoms with Crippen molar-refractivity contribution in [1.29, 1.82) is 0 Å². The molecule has 0 aromatic carbocycles. The molecule has 0 amide bonds. The highest BCUT2D eigenvalue weighted by Gasteiger charge is 2.55. The fraction of sp³-hybridized carbons (Fsp3) is 0.304. The SMILES string of the molecule is COC1=CC=C(c2cc3c(SCC4=CC=CC5(OC)CC45)ncnc3[nH]2)CC=C1. The first-order valence-electron chi connectivity index (χ1n) is 9.74. The minimum Gasteiger partial charge on any atom is -0.497 e. The summed E-state index contributed by atoms with van der Waals surface area (Å²) in [7, 11) is 3.49. The van der Waals surface area contributed by atoms with Crippen molar-refractivity contribution in [2.24, 2.45) is 5.92 Å². The van der Waals surface area contributed by atoms with E-state index in [1.165, 1.54) is 11.1 Å². The zero-order valence-corrected chi connectivity index (χ0v) is 17.3. The van der Waals surface area contributed by atoms with Crippen LogP contribution in [0.2, 0.25) is 0 Å². The van der Waals surface area contributed by atoms with Crippen LogP contribution in [0, 0.1) is 5.92 Å². The summed E-state index contributed by atoms with van der Waals surface area (Å²) < 4.78 is 11.0. The maximum Gasteiger partial charge on any atom is 0.142 e. The molecule has 2 atom stereocenters. The number of fused-ring (bicyclic) bond motifs is 2. The molecule has 29 heavy (non-hydrogen) atoms. The molecule has 3 aliphatic rings. The van der Waals surface area contributed by atoms with Crippen LogP contribution < -0.4 is 0 Å². The second-order valence-corrected chi connectivity index (χ2v) is 8.46. The third-order valence-electron chi connectivity index (χ3n) is 5.88. The molecule has 1 fully saturated rings. The molecule has 1 saturated carbocycles. The molecule has 0 saturated heterocycles. The molecule has 2 aromatic rings. The summed E-state index contributed by atoms with van der Waals surface area (Å²) in [6.45, 7) is 0. The molecule has 6 heteroatoms. The quantitative estimate of drug-likeness (QED) is 0.551. The molecule has 2 aromatic heterocycles. The monoisotopic (exact) mass is 405 g/mol. The number of nitrogens with one attached hydrogen (secondary N) is 1. The van der Waals surface area contributed by atoms with Crippen LogP contribution in [-0.2, 0) is 9.47 Å². The van der Waals surface area contributed by atoms with E-state index in [9.17, 15) is 0 Å². The number of aromatic amines is 1. The van der Waals surface area contributed by atoms with Gasteiger partial charge in [0.1, 0.15) is 22.8 Å². The van der Waals surface area contributed by atoms with E-state index in [0.29, 0.717) is 5.92 Å². The van der Waals surface area contributed by atoms with Gasteiger partial charge in [-0.1, -0.05) is 36.0 Å². The van der Waals surface area contributed by atoms with Gasteiger partial charge < -0.3 is 14.5 Å². The van der Waals surface area contributed by atoms with Crippen molar-refractivity contribution in [1.82, 2.24) is 15.0 Å². The van der Waals surface area contributed by atoms with Crippen LogP contribution in [0.4, 0.5) is 0 Å². The van der Waals surface area contributed by atoms with Crippen molar-refractivity contribution in [2.75, 3.05) is 20.0 Å². The van der Waals surface area contributed by atoms with Crippen LogP contribution in [0.25, 0.3) is 16.6 Å². The number of hydrogen-bond donors (Lipinski definition) is 1. The van der Waals surface area contributed by atoms with Gasteiger partial charge in [0.15, 0.2) is 0 Å². The average Bonchev–Trinajstić information content (AvgIpc) is 3.42. The molecule has 0 radical (unpaired) electrons. The van der Waals surface area contributed by atoms with Crippen molar-refractivity contribution in [3.05, 3.63) is 72.0 Å². The van der Waals surface area contributed by atoms with E-state index in [1.807, 2.05) is 12.2 Å². The Hall–Kier alpha value is -2.57. The van der Waals surface area contributed by atoms with Gasteiger partial charge in [0.25, 0.3) is 0 Å². The Morgan fingerprint density at radius 2 is 2.17 bits per heavy atom. The zero-order valence-electron chi connectivity index (χ0n) is 16.5. The lowest BCUT2D eigenvalue weighted by atomic mass is 10.0. The van der Waals surface area contributed by atoms with Crippen LogP contribution in [0.5, 0.6) is 0 Å². The maximum absolute atomic E-state index is 5.71. The Kier molecular flexibility index (Phi) is 4.68. The number of rotatable bonds is 6. The third kappa shape index (κ3) is 3.36. The van der Waals surface area contributed by atoms with E-state index >= 15 is 0 Å². The lowest BCUT2D eigenvalue weighted by Gasteiger charge is -2.16. The Labute approximate surface area is 174 Å². The van der Waals surface area contributed by atoms with Gasteiger partial charge in [-0.3, -0.25) is 0 Å². The fourth-order valence-electron chi connectivity index (χ4n) is 4.08. The van der Waals surface area contributed by atoms with Gasteiger partial charge in [-0.25, -0.2) is 9.97 Å². The molecule has 2 heterocycles. The fourth-order valence-corrected chi connectivity index (χ4v) is 5.12. The smallest absolute Gasteiger partial charge is 0.142 e. The lowest BCUT2D eigenvalue weighted by Crippen LogP contribution is -2.15. The molecule has 0 aliphatic heterocycles. The minimum absolute atomic E-state index is 0.0546. The van der Waals surface area contributed by atoms with Crippen molar-refractivity contribution in [3.63, 3.8) is 0 Å². The molecule has 2 unspecified atom stereocenters. The van der Waals surface area contributed by atoms with Crippen molar-refractivity contribution in [2.45, 2.75) is 23.5 Å². The normalized spacial score (nSPS) is 25.2. The van der Waals surface area contributed by atoms with Gasteiger partial charge in [-0.2, -0.15) is 0 Å². The summed E-state index contributed by atoms with van der Waals surface area (Å²) in [6.07, 6.45) is 18.3. The number of ether oxygens (including phenoxy) is 2. The van der Waals surface area contributed by atoms with E-state index in [1.54, 1.807) is 32.3 Å². The second-order valence-electron chi connectivity index (χ2n) is 7.50. The lowest BCUT2D eigenvalue weighted by molar-refractivity contribution is 0.110. The molecular weight excluding hydrogens is 382 g/mol. The highest BCUT2D eigenvalue weighted by molar-refractivity contribution is 7.99. The number of allylic oxidation sites excluding steroid dienone is 7. The molecule has 0 spiro atoms. The first-order chi connectivity index (χ1) is 14.2. The number of hydrogen-bond acceptors (Lipinski definition) is 5. The molecule has 148 valence electrons. The maximum atomic E-state index is 5.71. The van der Waals surface area contributed by atoms with Gasteiger partial charge in [0.05, 0.1) is 18.1 Å². The highest BCUT2D eigenvalue weighted by Crippen LogP contribution is 2.54. The van der Waals surface area contributed by atoms with Crippen molar-refractivity contribution in [3.8, 4) is 0 Å². The van der Waals surface area contributed by atoms with Gasteiger partial charge >= 0.3 is 0 Å². The van der Waals surface area contributed by atoms with Crippen LogP contribution in [-0.4, -0.2) is 40.5 Å². The Balaban J connectivity index is 1.38. The van der Waals surface area contributed by atoms with Crippen LogP contribution >= 0.6 is 11.8 Å². The largest absolute Gasteiger partial charge is 0.497 e. The van der Waals surface area contributed by atoms with E-state index < -0.39 is 0 Å². The molecule has 1 N–H and O–H groups in total. The first-order valence-corrected chi connectivity index (χ1v) is 10.7. The van der Waals surface area contributed by atoms with E-state index in [4.69, 9.17) is 9.47 Å². The van der Waals surface area contributed by atoms with E-state index in [2.05, 4.69) is 51.4 Å². The number of H-pyrrole nitrogens is 1. The Morgan fingerprint density at radius 3 is 3.03 bits per heavy atom. The third-order valence-corrected chi connectivity index (χ3v) is 6.96. The predicted molar refractivity (Wildman–Crippen MR) is 117 cm³/mol. The first kappa shape index (κ1) is 18.5. The topological polar surface area (TPSA) is 60.0 Å². The van der Waals surface area contributed by atoms with Crippen LogP contribution in [0.1, 0.15) is 18.5 Å². The standard InChI is InChI=1S/C23H23N3O2S/c1-27-17-7-3-5-15(8-9-17)20-11-18-21(26-20)24-14-25-22(18)29-13-16-6-4-10-23(28-2)12-19(16)23/h3-4,6-11,14,19H,5,12-13H2,1-2H3,(H,24,25,26). The average molecular weight is 406 g/mol. The summed E-state index contributed by atoms with van der Waals surface area (Å²) >= 11 is 1.77. The summed E-state index contributed by atoms with van der Waals surface area (Å²) in [5.41, 5.74) is 4.51. The minimum atomic E-state index is -0.0546. The van der Waals surface area contributed by atoms with Crippen LogP contribution in [0.15, 0.2) is 71.3 Å². The van der Waals surface area contributed by atoms with Gasteiger partial charge in [0.2, 0.25) is 0 Å². The van der Waals surface area contributed by atoms with Crippen molar-refractivity contribution >= 4 is 28.4 Å². The number of thioether (sulfide) groups is 1. The molecule has 5 nitrogen and oxygen atoms in total. The number of aromatic nitrogens is 3. The predicted octanol–water partition coefficient (Wildman–Crippen LogP) is 4.82. The van der Waals surface area contributed by atoms with E-state index in [-0.39, 0.29) is 5.60 Å². The van der Waals surface area contributed by atoms with Crippen LogP contribution in [0.3, 0.4) is 0 Å². The second kappa shape index (κ2) is 7.35. The summed E-state index contributed by atoms with van der Waals surface area (Å²) in [5.74, 6) is 2.28. The summed E-state index contributed by atoms with van der Waals surface area (Å²) in [4.78, 5) is 12.5. The highest BCUT2D eigenvalue weighted by atomic mass is 32.2. The van der Waals surface area contributed by atoms with Gasteiger partial charge in [-0.15, -0.1) is 11.8 Å². The Morgan fingerprint density at radius 1 is 1.24 bits per heavy atom. The van der Waals surface area contributed by atoms with E-state index in [0.717, 1.165) is 46.1 Å². The molecule has 5 rings (SSSR count). The Bertz CT molecular complexity index is 1110. The zero-order chi connectivity index (χ0) is 19.8. The van der Waals surface area contributed by atoms with Gasteiger partial charge in [0, 0.05) is 24.5 Å². The number of methoxy groups -OCH3 is 2.